The molecule has 2 aliphatic heterocycles. The van der Waals surface area contributed by atoms with Crippen molar-refractivity contribution in [2.45, 2.75) is 46.0 Å². The number of nitrogens with zero attached hydrogens (tertiary/aromatic N) is 1. The quantitative estimate of drug-likeness (QED) is 0.778. The lowest BCUT2D eigenvalue weighted by Crippen LogP contribution is -2.41. The van der Waals surface area contributed by atoms with Crippen LogP contribution in [0.5, 0.6) is 0 Å². The van der Waals surface area contributed by atoms with Gasteiger partial charge in [-0.3, -0.25) is 14.5 Å². The highest BCUT2D eigenvalue weighted by Gasteiger charge is 2.36. The van der Waals surface area contributed by atoms with Gasteiger partial charge in [-0.05, 0) is 30.4 Å². The van der Waals surface area contributed by atoms with Gasteiger partial charge in [-0.15, -0.1) is 0 Å². The first-order valence-electron chi connectivity index (χ1n) is 8.75. The lowest BCUT2D eigenvalue weighted by atomic mass is 9.84. The molecule has 1 aromatic carbocycles. The maximum atomic E-state index is 12.3. The van der Waals surface area contributed by atoms with Crippen LogP contribution in [0.4, 0.5) is 0 Å². The Balaban J connectivity index is 1.54. The first kappa shape index (κ1) is 17.1. The van der Waals surface area contributed by atoms with E-state index >= 15 is 0 Å². The van der Waals surface area contributed by atoms with Crippen molar-refractivity contribution in [3.8, 4) is 0 Å². The number of fused-ring (bicyclic) bond motifs is 1. The summed E-state index contributed by atoms with van der Waals surface area (Å²) in [5.74, 6) is 0.577. The number of amides is 2. The van der Waals surface area contributed by atoms with Crippen molar-refractivity contribution in [1.82, 2.24) is 4.90 Å². The Labute approximate surface area is 142 Å². The van der Waals surface area contributed by atoms with Crippen molar-refractivity contribution in [2.75, 3.05) is 13.2 Å². The molecule has 24 heavy (non-hydrogen) atoms. The topological polar surface area (TPSA) is 55.8 Å². The molecule has 0 saturated carbocycles. The smallest absolute Gasteiger partial charge is 0.261 e. The number of hydrogen-bond donors (Lipinski definition) is 0. The second-order valence-corrected chi connectivity index (χ2v) is 6.76. The molecule has 5 heteroatoms. The molecule has 2 heterocycles. The minimum atomic E-state index is -0.253. The molecule has 0 aromatic heterocycles. The molecule has 1 saturated heterocycles. The first-order valence-corrected chi connectivity index (χ1v) is 8.75. The Kier molecular flexibility index (Phi) is 5.01. The predicted octanol–water partition coefficient (Wildman–Crippen LogP) is 3.10. The molecule has 2 amide bonds. The van der Waals surface area contributed by atoms with Crippen LogP contribution in [0, 0.1) is 11.8 Å². The Bertz CT molecular complexity index is 595. The molecular weight excluding hydrogens is 306 g/mol. The fourth-order valence-electron chi connectivity index (χ4n) is 3.55. The zero-order valence-electron chi connectivity index (χ0n) is 14.5. The molecule has 3 rings (SSSR count). The monoisotopic (exact) mass is 331 g/mol. The molecule has 4 atom stereocenters. The van der Waals surface area contributed by atoms with Gasteiger partial charge in [-0.25, -0.2) is 0 Å². The summed E-state index contributed by atoms with van der Waals surface area (Å²) in [4.78, 5) is 25.9. The Morgan fingerprint density at radius 1 is 1.17 bits per heavy atom. The van der Waals surface area contributed by atoms with Gasteiger partial charge in [0.2, 0.25) is 0 Å². The number of ether oxygens (including phenoxy) is 2. The molecule has 0 aliphatic carbocycles. The third-order valence-corrected chi connectivity index (χ3v) is 5.27. The van der Waals surface area contributed by atoms with Gasteiger partial charge < -0.3 is 9.47 Å². The predicted molar refractivity (Wildman–Crippen MR) is 89.7 cm³/mol. The third-order valence-electron chi connectivity index (χ3n) is 5.27. The normalized spacial score (nSPS) is 29.9. The fraction of sp³-hybridized carbons (Fsp3) is 0.579. The first-order chi connectivity index (χ1) is 11.5. The number of rotatable bonds is 5. The maximum Gasteiger partial charge on any atom is 0.261 e. The van der Waals surface area contributed by atoms with Gasteiger partial charge in [0.1, 0.15) is 0 Å². The van der Waals surface area contributed by atoms with Crippen LogP contribution in [0.15, 0.2) is 24.3 Å². The Morgan fingerprint density at radius 3 is 2.38 bits per heavy atom. The van der Waals surface area contributed by atoms with Gasteiger partial charge in [0, 0.05) is 6.42 Å². The minimum Gasteiger partial charge on any atom is -0.351 e. The summed E-state index contributed by atoms with van der Waals surface area (Å²) in [5.41, 5.74) is 0.954. The van der Waals surface area contributed by atoms with Crippen LogP contribution in [0.3, 0.4) is 0 Å². The fourth-order valence-corrected chi connectivity index (χ4v) is 3.55. The molecular formula is C19H25NO4. The molecule has 1 unspecified atom stereocenters. The van der Waals surface area contributed by atoms with E-state index in [1.807, 2.05) is 0 Å². The average molecular weight is 331 g/mol. The van der Waals surface area contributed by atoms with Gasteiger partial charge in [0.25, 0.3) is 11.8 Å². The van der Waals surface area contributed by atoms with E-state index in [-0.39, 0.29) is 30.8 Å². The highest BCUT2D eigenvalue weighted by atomic mass is 16.7. The van der Waals surface area contributed by atoms with E-state index in [9.17, 15) is 9.59 Å². The summed E-state index contributed by atoms with van der Waals surface area (Å²) in [6.45, 7) is 7.11. The largest absolute Gasteiger partial charge is 0.351 e. The molecule has 0 spiro atoms. The molecule has 0 N–H and O–H groups in total. The van der Waals surface area contributed by atoms with Crippen molar-refractivity contribution in [3.05, 3.63) is 35.4 Å². The van der Waals surface area contributed by atoms with Crippen molar-refractivity contribution in [3.63, 3.8) is 0 Å². The van der Waals surface area contributed by atoms with Crippen molar-refractivity contribution in [2.24, 2.45) is 11.8 Å². The zero-order chi connectivity index (χ0) is 17.3. The van der Waals surface area contributed by atoms with Gasteiger partial charge in [-0.1, -0.05) is 32.9 Å². The maximum absolute atomic E-state index is 12.3. The van der Waals surface area contributed by atoms with E-state index in [4.69, 9.17) is 9.47 Å². The van der Waals surface area contributed by atoms with Crippen molar-refractivity contribution >= 4 is 11.8 Å². The minimum absolute atomic E-state index is 0.207. The number of imide groups is 1. The number of hydrogen-bond acceptors (Lipinski definition) is 4. The summed E-state index contributed by atoms with van der Waals surface area (Å²) in [7, 11) is 0. The lowest BCUT2D eigenvalue weighted by molar-refractivity contribution is -0.221. The van der Waals surface area contributed by atoms with Crippen LogP contribution < -0.4 is 0 Å². The van der Waals surface area contributed by atoms with E-state index in [0.717, 1.165) is 12.8 Å². The van der Waals surface area contributed by atoms with E-state index in [1.54, 1.807) is 24.3 Å². The molecule has 1 fully saturated rings. The van der Waals surface area contributed by atoms with Crippen molar-refractivity contribution < 1.29 is 19.1 Å². The molecule has 1 aromatic rings. The molecule has 0 radical (unpaired) electrons. The number of benzene rings is 1. The summed E-state index contributed by atoms with van der Waals surface area (Å²) < 4.78 is 11.8. The van der Waals surface area contributed by atoms with Crippen LogP contribution in [-0.4, -0.2) is 42.3 Å². The van der Waals surface area contributed by atoms with E-state index < -0.39 is 0 Å². The lowest BCUT2D eigenvalue weighted by Gasteiger charge is -2.38. The van der Waals surface area contributed by atoms with E-state index in [2.05, 4.69) is 20.8 Å². The Hall–Kier alpha value is -1.72. The van der Waals surface area contributed by atoms with E-state index in [0.29, 0.717) is 29.6 Å². The van der Waals surface area contributed by atoms with Gasteiger partial charge in [-0.2, -0.15) is 0 Å². The molecule has 2 aliphatic rings. The summed E-state index contributed by atoms with van der Waals surface area (Å²) in [6, 6.07) is 6.92. The summed E-state index contributed by atoms with van der Waals surface area (Å²) in [6.07, 6.45) is 1.76. The summed E-state index contributed by atoms with van der Waals surface area (Å²) >= 11 is 0. The SMILES string of the molecule is CCC1O[C@H](OCCN2C(=O)c3ccccc3C2=O)C[C@@H](C)[C@@H]1C. The second kappa shape index (κ2) is 7.03. The van der Waals surface area contributed by atoms with Crippen LogP contribution in [-0.2, 0) is 9.47 Å². The van der Waals surface area contributed by atoms with Crippen molar-refractivity contribution in [1.29, 1.82) is 0 Å². The molecule has 5 nitrogen and oxygen atoms in total. The third kappa shape index (κ3) is 3.10. The highest BCUT2D eigenvalue weighted by molar-refractivity contribution is 6.21. The standard InChI is InChI=1S/C19H25NO4/c1-4-16-13(3)12(2)11-17(24-16)23-10-9-20-18(21)14-7-5-6-8-15(14)19(20)22/h5-8,12-13,16-17H,4,9-11H2,1-3H3/t12-,13+,16?,17+/m1/s1. The van der Waals surface area contributed by atoms with Gasteiger partial charge in [0.05, 0.1) is 30.4 Å². The van der Waals surface area contributed by atoms with Crippen LogP contribution in [0.1, 0.15) is 54.3 Å². The highest BCUT2D eigenvalue weighted by Crippen LogP contribution is 2.32. The number of carbonyl (C=O) groups excluding carboxylic acids is 2. The summed E-state index contributed by atoms with van der Waals surface area (Å²) in [5, 5.41) is 0. The molecule has 0 bridgehead atoms. The zero-order valence-corrected chi connectivity index (χ0v) is 14.5. The van der Waals surface area contributed by atoms with Gasteiger partial charge >= 0.3 is 0 Å². The number of carbonyl (C=O) groups is 2. The second-order valence-electron chi connectivity index (χ2n) is 6.76. The van der Waals surface area contributed by atoms with Crippen LogP contribution in [0.2, 0.25) is 0 Å². The van der Waals surface area contributed by atoms with Crippen LogP contribution >= 0.6 is 0 Å². The van der Waals surface area contributed by atoms with E-state index in [1.165, 1.54) is 4.90 Å². The average Bonchev–Trinajstić information content (AvgIpc) is 2.83. The van der Waals surface area contributed by atoms with Crippen LogP contribution in [0.25, 0.3) is 0 Å². The van der Waals surface area contributed by atoms with Gasteiger partial charge in [0.15, 0.2) is 6.29 Å². The molecule has 130 valence electrons. The Morgan fingerprint density at radius 2 is 1.79 bits per heavy atom.